The van der Waals surface area contributed by atoms with Gasteiger partial charge in [0.15, 0.2) is 11.6 Å². The number of hydrogen-bond donors (Lipinski definition) is 0. The van der Waals surface area contributed by atoms with Gasteiger partial charge in [0.25, 0.3) is 0 Å². The minimum absolute atomic E-state index is 0.591. The smallest absolute Gasteiger partial charge is 0.176 e. The SMILES string of the molecule is Cn1cc(CCn2ccnc2-c2ccc(-c3ccccc3C#N)o2)cn1. The molecule has 0 aliphatic carbocycles. The first-order chi connectivity index (χ1) is 12.7. The lowest BCUT2D eigenvalue weighted by Gasteiger charge is -2.05. The monoisotopic (exact) mass is 343 g/mol. The van der Waals surface area contributed by atoms with E-state index < -0.39 is 0 Å². The lowest BCUT2D eigenvalue weighted by atomic mass is 10.1. The molecule has 6 nitrogen and oxygen atoms in total. The molecule has 4 aromatic rings. The van der Waals surface area contributed by atoms with Crippen molar-refractivity contribution < 1.29 is 4.42 Å². The van der Waals surface area contributed by atoms with Crippen LogP contribution in [0.15, 0.2) is 65.6 Å². The number of rotatable bonds is 5. The Morgan fingerprint density at radius 1 is 1.15 bits per heavy atom. The van der Waals surface area contributed by atoms with E-state index in [4.69, 9.17) is 4.42 Å². The molecule has 0 fully saturated rings. The predicted octanol–water partition coefficient (Wildman–Crippen LogP) is 3.66. The van der Waals surface area contributed by atoms with Crippen LogP contribution in [0.3, 0.4) is 0 Å². The number of aryl methyl sites for hydroxylation is 3. The molecule has 0 saturated carbocycles. The maximum Gasteiger partial charge on any atom is 0.176 e. The van der Waals surface area contributed by atoms with E-state index >= 15 is 0 Å². The van der Waals surface area contributed by atoms with E-state index in [1.807, 2.05) is 56.0 Å². The van der Waals surface area contributed by atoms with Crippen LogP contribution in [-0.4, -0.2) is 19.3 Å². The van der Waals surface area contributed by atoms with Crippen molar-refractivity contribution >= 4 is 0 Å². The maximum atomic E-state index is 9.28. The van der Waals surface area contributed by atoms with Gasteiger partial charge in [-0.3, -0.25) is 4.68 Å². The quantitative estimate of drug-likeness (QED) is 0.554. The summed E-state index contributed by atoms with van der Waals surface area (Å²) in [4.78, 5) is 4.44. The second-order valence-corrected chi connectivity index (χ2v) is 6.04. The van der Waals surface area contributed by atoms with E-state index in [0.717, 1.165) is 24.4 Å². The molecule has 6 heteroatoms. The van der Waals surface area contributed by atoms with Gasteiger partial charge in [-0.25, -0.2) is 4.98 Å². The predicted molar refractivity (Wildman–Crippen MR) is 97.0 cm³/mol. The Labute approximate surface area is 150 Å². The standard InChI is InChI=1S/C20H17N5O/c1-24-14-15(13-23-24)8-10-25-11-9-22-20(25)19-7-6-18(26-19)17-5-3-2-4-16(17)12-21/h2-7,9,11,13-14H,8,10H2,1H3. The lowest BCUT2D eigenvalue weighted by molar-refractivity contribution is 0.581. The normalized spacial score (nSPS) is 10.8. The van der Waals surface area contributed by atoms with Gasteiger partial charge in [-0.05, 0) is 36.2 Å². The van der Waals surface area contributed by atoms with Gasteiger partial charge in [-0.2, -0.15) is 10.4 Å². The fourth-order valence-corrected chi connectivity index (χ4v) is 2.96. The van der Waals surface area contributed by atoms with E-state index in [0.29, 0.717) is 17.1 Å². The van der Waals surface area contributed by atoms with Gasteiger partial charge in [0.2, 0.25) is 0 Å². The van der Waals surface area contributed by atoms with E-state index in [2.05, 4.69) is 20.7 Å². The van der Waals surface area contributed by atoms with Crippen LogP contribution in [0.1, 0.15) is 11.1 Å². The molecule has 26 heavy (non-hydrogen) atoms. The number of aromatic nitrogens is 4. The second-order valence-electron chi connectivity index (χ2n) is 6.04. The minimum atomic E-state index is 0.591. The van der Waals surface area contributed by atoms with Crippen LogP contribution >= 0.6 is 0 Å². The van der Waals surface area contributed by atoms with Crippen molar-refractivity contribution in [1.29, 1.82) is 5.26 Å². The Bertz CT molecular complexity index is 1080. The van der Waals surface area contributed by atoms with Crippen LogP contribution < -0.4 is 0 Å². The third kappa shape index (κ3) is 3.03. The molecule has 1 aromatic carbocycles. The van der Waals surface area contributed by atoms with Crippen molar-refractivity contribution in [3.05, 3.63) is 72.3 Å². The van der Waals surface area contributed by atoms with Crippen LogP contribution in [0.4, 0.5) is 0 Å². The third-order valence-corrected chi connectivity index (χ3v) is 4.25. The minimum Gasteiger partial charge on any atom is -0.453 e. The van der Waals surface area contributed by atoms with Crippen molar-refractivity contribution in [2.75, 3.05) is 0 Å². The van der Waals surface area contributed by atoms with E-state index in [1.54, 1.807) is 16.9 Å². The average Bonchev–Trinajstić information content (AvgIpc) is 3.40. The van der Waals surface area contributed by atoms with Gasteiger partial charge >= 0.3 is 0 Å². The van der Waals surface area contributed by atoms with Crippen molar-refractivity contribution in [3.63, 3.8) is 0 Å². The number of hydrogen-bond acceptors (Lipinski definition) is 4. The van der Waals surface area contributed by atoms with Crippen molar-refractivity contribution in [2.45, 2.75) is 13.0 Å². The molecule has 0 unspecified atom stereocenters. The van der Waals surface area contributed by atoms with E-state index in [1.165, 1.54) is 5.56 Å². The Kier molecular flexibility index (Phi) is 4.12. The summed E-state index contributed by atoms with van der Waals surface area (Å²) in [6.07, 6.45) is 8.46. The maximum absolute atomic E-state index is 9.28. The highest BCUT2D eigenvalue weighted by Crippen LogP contribution is 2.29. The fraction of sp³-hybridized carbons (Fsp3) is 0.150. The van der Waals surface area contributed by atoms with Crippen molar-refractivity contribution in [2.24, 2.45) is 7.05 Å². The third-order valence-electron chi connectivity index (χ3n) is 4.25. The van der Waals surface area contributed by atoms with E-state index in [9.17, 15) is 5.26 Å². The van der Waals surface area contributed by atoms with E-state index in [-0.39, 0.29) is 0 Å². The van der Waals surface area contributed by atoms with Crippen LogP contribution in [0.5, 0.6) is 0 Å². The molecule has 0 aliphatic rings. The number of benzene rings is 1. The number of furan rings is 1. The number of nitrogens with zero attached hydrogens (tertiary/aromatic N) is 5. The first kappa shape index (κ1) is 15.9. The van der Waals surface area contributed by atoms with Gasteiger partial charge in [0.05, 0.1) is 17.8 Å². The van der Waals surface area contributed by atoms with Crippen molar-refractivity contribution in [1.82, 2.24) is 19.3 Å². The Balaban J connectivity index is 1.59. The molecular formula is C20H17N5O. The number of imidazole rings is 1. The van der Waals surface area contributed by atoms with Crippen LogP contribution in [0.25, 0.3) is 22.9 Å². The zero-order valence-corrected chi connectivity index (χ0v) is 14.3. The summed E-state index contributed by atoms with van der Waals surface area (Å²) in [7, 11) is 1.91. The topological polar surface area (TPSA) is 72.6 Å². The number of nitriles is 1. The average molecular weight is 343 g/mol. The molecule has 0 spiro atoms. The Morgan fingerprint density at radius 2 is 2.00 bits per heavy atom. The molecule has 4 rings (SSSR count). The van der Waals surface area contributed by atoms with Gasteiger partial charge in [0, 0.05) is 37.7 Å². The van der Waals surface area contributed by atoms with Gasteiger partial charge in [-0.1, -0.05) is 12.1 Å². The fourth-order valence-electron chi connectivity index (χ4n) is 2.96. The molecule has 3 aromatic heterocycles. The highest BCUT2D eigenvalue weighted by molar-refractivity contribution is 5.68. The van der Waals surface area contributed by atoms with Crippen LogP contribution in [0.2, 0.25) is 0 Å². The molecule has 0 radical (unpaired) electrons. The summed E-state index contributed by atoms with van der Waals surface area (Å²) in [5.74, 6) is 2.12. The summed E-state index contributed by atoms with van der Waals surface area (Å²) in [5.41, 5.74) is 2.55. The molecular weight excluding hydrogens is 326 g/mol. The zero-order valence-electron chi connectivity index (χ0n) is 14.3. The lowest BCUT2D eigenvalue weighted by Crippen LogP contribution is -2.01. The van der Waals surface area contributed by atoms with Gasteiger partial charge in [0.1, 0.15) is 5.76 Å². The van der Waals surface area contributed by atoms with Crippen molar-refractivity contribution in [3.8, 4) is 29.0 Å². The summed E-state index contributed by atoms with van der Waals surface area (Å²) < 4.78 is 9.87. The first-order valence-corrected chi connectivity index (χ1v) is 8.33. The highest BCUT2D eigenvalue weighted by atomic mass is 16.3. The molecule has 0 aliphatic heterocycles. The molecule has 0 saturated heterocycles. The van der Waals surface area contributed by atoms with Crippen LogP contribution in [0, 0.1) is 11.3 Å². The summed E-state index contributed by atoms with van der Waals surface area (Å²) in [6.45, 7) is 0.784. The summed E-state index contributed by atoms with van der Waals surface area (Å²) in [6, 6.07) is 13.4. The van der Waals surface area contributed by atoms with Crippen LogP contribution in [-0.2, 0) is 20.0 Å². The molecule has 128 valence electrons. The first-order valence-electron chi connectivity index (χ1n) is 8.33. The second kappa shape index (κ2) is 6.73. The highest BCUT2D eigenvalue weighted by Gasteiger charge is 2.14. The Morgan fingerprint density at radius 3 is 2.81 bits per heavy atom. The molecule has 0 N–H and O–H groups in total. The molecule has 0 bridgehead atoms. The molecule has 3 heterocycles. The molecule has 0 atom stereocenters. The largest absolute Gasteiger partial charge is 0.453 e. The van der Waals surface area contributed by atoms with Gasteiger partial charge < -0.3 is 8.98 Å². The summed E-state index contributed by atoms with van der Waals surface area (Å²) >= 11 is 0. The Hall–Kier alpha value is -3.59. The molecule has 0 amide bonds. The zero-order chi connectivity index (χ0) is 17.9. The summed E-state index contributed by atoms with van der Waals surface area (Å²) in [5, 5.41) is 13.5. The van der Waals surface area contributed by atoms with Gasteiger partial charge in [-0.15, -0.1) is 0 Å².